The highest BCUT2D eigenvalue weighted by Gasteiger charge is 2.19. The first kappa shape index (κ1) is 17.4. The SMILES string of the molecule is CN(CC1CCCO1)C(=O)NCCSCc1cccc(Cl)c1. The molecule has 1 aliphatic rings. The molecule has 0 bridgehead atoms. The number of halogens is 1. The summed E-state index contributed by atoms with van der Waals surface area (Å²) in [5.74, 6) is 1.79. The summed E-state index contributed by atoms with van der Waals surface area (Å²) in [5, 5.41) is 3.70. The molecule has 1 fully saturated rings. The number of nitrogens with zero attached hydrogens (tertiary/aromatic N) is 1. The second-order valence-electron chi connectivity index (χ2n) is 5.43. The monoisotopic (exact) mass is 342 g/mol. The van der Waals surface area contributed by atoms with E-state index >= 15 is 0 Å². The van der Waals surface area contributed by atoms with Gasteiger partial charge in [0.1, 0.15) is 0 Å². The molecule has 122 valence electrons. The minimum Gasteiger partial charge on any atom is -0.376 e. The van der Waals surface area contributed by atoms with Crippen molar-refractivity contribution >= 4 is 29.4 Å². The molecule has 0 saturated carbocycles. The fourth-order valence-electron chi connectivity index (χ4n) is 2.36. The number of carbonyl (C=O) groups is 1. The summed E-state index contributed by atoms with van der Waals surface area (Å²) in [4.78, 5) is 13.6. The van der Waals surface area contributed by atoms with Gasteiger partial charge in [-0.05, 0) is 30.5 Å². The van der Waals surface area contributed by atoms with E-state index in [0.29, 0.717) is 13.1 Å². The number of likely N-dealkylation sites (N-methyl/N-ethyl adjacent to an activating group) is 1. The van der Waals surface area contributed by atoms with Crippen LogP contribution in [0, 0.1) is 0 Å². The van der Waals surface area contributed by atoms with Crippen LogP contribution in [-0.4, -0.2) is 49.5 Å². The predicted octanol–water partition coefficient (Wildman–Crippen LogP) is 3.39. The van der Waals surface area contributed by atoms with Gasteiger partial charge in [0.2, 0.25) is 0 Å². The highest BCUT2D eigenvalue weighted by molar-refractivity contribution is 7.98. The number of benzene rings is 1. The van der Waals surface area contributed by atoms with Gasteiger partial charge >= 0.3 is 6.03 Å². The van der Waals surface area contributed by atoms with Crippen LogP contribution >= 0.6 is 23.4 Å². The molecular weight excluding hydrogens is 320 g/mol. The van der Waals surface area contributed by atoms with Crippen LogP contribution in [0.1, 0.15) is 18.4 Å². The summed E-state index contributed by atoms with van der Waals surface area (Å²) in [6.07, 6.45) is 2.35. The molecule has 1 aliphatic heterocycles. The van der Waals surface area contributed by atoms with Crippen LogP contribution in [0.2, 0.25) is 5.02 Å². The average molecular weight is 343 g/mol. The lowest BCUT2D eigenvalue weighted by atomic mass is 10.2. The molecule has 0 spiro atoms. The van der Waals surface area contributed by atoms with Crippen molar-refractivity contribution in [1.82, 2.24) is 10.2 Å². The maximum absolute atomic E-state index is 11.9. The second kappa shape index (κ2) is 9.28. The number of urea groups is 1. The maximum atomic E-state index is 11.9. The number of rotatable bonds is 7. The van der Waals surface area contributed by atoms with Crippen LogP contribution in [0.3, 0.4) is 0 Å². The fraction of sp³-hybridized carbons (Fsp3) is 0.562. The van der Waals surface area contributed by atoms with Crippen molar-refractivity contribution in [3.05, 3.63) is 34.9 Å². The van der Waals surface area contributed by atoms with Crippen molar-refractivity contribution in [3.63, 3.8) is 0 Å². The van der Waals surface area contributed by atoms with Crippen LogP contribution in [0.15, 0.2) is 24.3 Å². The summed E-state index contributed by atoms with van der Waals surface area (Å²) in [6, 6.07) is 7.84. The lowest BCUT2D eigenvalue weighted by Crippen LogP contribution is -2.41. The fourth-order valence-corrected chi connectivity index (χ4v) is 3.38. The normalized spacial score (nSPS) is 17.5. The molecular formula is C16H23ClN2O2S. The smallest absolute Gasteiger partial charge is 0.317 e. The Labute approximate surface area is 141 Å². The Morgan fingerprint density at radius 2 is 2.41 bits per heavy atom. The number of hydrogen-bond donors (Lipinski definition) is 1. The van der Waals surface area contributed by atoms with Crippen molar-refractivity contribution in [3.8, 4) is 0 Å². The molecule has 1 saturated heterocycles. The summed E-state index contributed by atoms with van der Waals surface area (Å²) in [5.41, 5.74) is 1.21. The van der Waals surface area contributed by atoms with Gasteiger partial charge in [0.05, 0.1) is 6.10 Å². The van der Waals surface area contributed by atoms with E-state index in [1.54, 1.807) is 16.7 Å². The predicted molar refractivity (Wildman–Crippen MR) is 92.6 cm³/mol. The molecule has 2 rings (SSSR count). The van der Waals surface area contributed by atoms with Gasteiger partial charge in [-0.15, -0.1) is 0 Å². The summed E-state index contributed by atoms with van der Waals surface area (Å²) in [6.45, 7) is 2.15. The van der Waals surface area contributed by atoms with E-state index in [9.17, 15) is 4.79 Å². The van der Waals surface area contributed by atoms with Crippen LogP contribution in [0.4, 0.5) is 4.79 Å². The number of nitrogens with one attached hydrogen (secondary N) is 1. The van der Waals surface area contributed by atoms with Crippen LogP contribution in [-0.2, 0) is 10.5 Å². The third kappa shape index (κ3) is 6.07. The average Bonchev–Trinajstić information content (AvgIpc) is 2.99. The van der Waals surface area contributed by atoms with E-state index in [-0.39, 0.29) is 12.1 Å². The van der Waals surface area contributed by atoms with Gasteiger partial charge in [0, 0.05) is 43.3 Å². The first-order chi connectivity index (χ1) is 10.6. The minimum absolute atomic E-state index is 0.0288. The first-order valence-corrected chi connectivity index (χ1v) is 9.11. The molecule has 1 aromatic carbocycles. The van der Waals surface area contributed by atoms with Crippen molar-refractivity contribution in [1.29, 1.82) is 0 Å². The molecule has 4 nitrogen and oxygen atoms in total. The van der Waals surface area contributed by atoms with Crippen molar-refractivity contribution in [2.45, 2.75) is 24.7 Å². The van der Waals surface area contributed by atoms with Crippen molar-refractivity contribution in [2.24, 2.45) is 0 Å². The standard InChI is InChI=1S/C16H23ClN2O2S/c1-19(11-15-6-3-8-21-15)16(20)18-7-9-22-12-13-4-2-5-14(17)10-13/h2,4-5,10,15H,3,6-9,11-12H2,1H3,(H,18,20). The zero-order chi connectivity index (χ0) is 15.8. The van der Waals surface area contributed by atoms with Gasteiger partial charge in [-0.25, -0.2) is 4.79 Å². The molecule has 1 atom stereocenters. The zero-order valence-corrected chi connectivity index (χ0v) is 14.5. The number of hydrogen-bond acceptors (Lipinski definition) is 3. The quantitative estimate of drug-likeness (QED) is 0.772. The molecule has 22 heavy (non-hydrogen) atoms. The first-order valence-electron chi connectivity index (χ1n) is 7.58. The minimum atomic E-state index is -0.0288. The van der Waals surface area contributed by atoms with E-state index in [1.807, 2.05) is 25.2 Å². The summed E-state index contributed by atoms with van der Waals surface area (Å²) < 4.78 is 5.54. The van der Waals surface area contributed by atoms with Gasteiger partial charge in [0.25, 0.3) is 0 Å². The van der Waals surface area contributed by atoms with Gasteiger partial charge in [-0.2, -0.15) is 11.8 Å². The molecule has 0 aromatic heterocycles. The van der Waals surface area contributed by atoms with Crippen molar-refractivity contribution in [2.75, 3.05) is 32.5 Å². The maximum Gasteiger partial charge on any atom is 0.317 e. The Bertz CT molecular complexity index is 481. The molecule has 1 N–H and O–H groups in total. The van der Waals surface area contributed by atoms with Crippen molar-refractivity contribution < 1.29 is 9.53 Å². The van der Waals surface area contributed by atoms with Gasteiger partial charge in [-0.3, -0.25) is 0 Å². The van der Waals surface area contributed by atoms with E-state index < -0.39 is 0 Å². The van der Waals surface area contributed by atoms with Gasteiger partial charge < -0.3 is 15.0 Å². The zero-order valence-electron chi connectivity index (χ0n) is 12.9. The molecule has 1 heterocycles. The van der Waals surface area contributed by atoms with E-state index in [2.05, 4.69) is 11.4 Å². The lowest BCUT2D eigenvalue weighted by molar-refractivity contribution is 0.0876. The highest BCUT2D eigenvalue weighted by Crippen LogP contribution is 2.16. The molecule has 0 radical (unpaired) electrons. The number of amides is 2. The summed E-state index contributed by atoms with van der Waals surface area (Å²) in [7, 11) is 1.82. The molecule has 1 unspecified atom stereocenters. The molecule has 2 amide bonds. The second-order valence-corrected chi connectivity index (χ2v) is 6.97. The van der Waals surface area contributed by atoms with Crippen LogP contribution in [0.5, 0.6) is 0 Å². The third-order valence-corrected chi connectivity index (χ3v) is 4.79. The largest absolute Gasteiger partial charge is 0.376 e. The van der Waals surface area contributed by atoms with E-state index in [4.69, 9.17) is 16.3 Å². The Balaban J connectivity index is 1.56. The van der Waals surface area contributed by atoms with Crippen LogP contribution < -0.4 is 5.32 Å². The van der Waals surface area contributed by atoms with Gasteiger partial charge in [-0.1, -0.05) is 23.7 Å². The highest BCUT2D eigenvalue weighted by atomic mass is 35.5. The molecule has 1 aromatic rings. The molecule has 0 aliphatic carbocycles. The van der Waals surface area contributed by atoms with E-state index in [1.165, 1.54) is 5.56 Å². The Morgan fingerprint density at radius 1 is 1.55 bits per heavy atom. The Kier molecular flexibility index (Phi) is 7.36. The number of ether oxygens (including phenoxy) is 1. The molecule has 6 heteroatoms. The Morgan fingerprint density at radius 3 is 3.14 bits per heavy atom. The topological polar surface area (TPSA) is 41.6 Å². The van der Waals surface area contributed by atoms with Gasteiger partial charge in [0.15, 0.2) is 0 Å². The van der Waals surface area contributed by atoms with Crippen LogP contribution in [0.25, 0.3) is 0 Å². The number of carbonyl (C=O) groups excluding carboxylic acids is 1. The summed E-state index contributed by atoms with van der Waals surface area (Å²) >= 11 is 7.73. The Hall–Kier alpha value is -0.910. The van der Waals surface area contributed by atoms with E-state index in [0.717, 1.165) is 36.0 Å². The number of thioether (sulfide) groups is 1. The third-order valence-electron chi connectivity index (χ3n) is 3.53. The lowest BCUT2D eigenvalue weighted by Gasteiger charge is -2.21.